The third-order valence-corrected chi connectivity index (χ3v) is 7.64. The highest BCUT2D eigenvalue weighted by Crippen LogP contribution is 2.33. The largest absolute Gasteiger partial charge is 0.467 e. The summed E-state index contributed by atoms with van der Waals surface area (Å²) in [7, 11) is 2.91. The zero-order valence-electron chi connectivity index (χ0n) is 22.5. The van der Waals surface area contributed by atoms with Gasteiger partial charge in [-0.3, -0.25) is 9.59 Å². The second-order valence-electron chi connectivity index (χ2n) is 9.44. The Morgan fingerprint density at radius 1 is 1.12 bits per heavy atom. The predicted molar refractivity (Wildman–Crippen MR) is 154 cm³/mol. The summed E-state index contributed by atoms with van der Waals surface area (Å²) in [5.41, 5.74) is 2.22. The molecular formula is C30H31N5O4S. The number of nitriles is 1. The maximum atomic E-state index is 13.6. The fraction of sp³-hybridized carbons (Fsp3) is 0.300. The molecular weight excluding hydrogens is 526 g/mol. The van der Waals surface area contributed by atoms with Gasteiger partial charge in [-0.1, -0.05) is 48.5 Å². The number of nitrogens with one attached hydrogen (secondary N) is 1. The van der Waals surface area contributed by atoms with Gasteiger partial charge in [0.15, 0.2) is 6.04 Å². The van der Waals surface area contributed by atoms with Crippen LogP contribution < -0.4 is 5.32 Å². The molecule has 1 N–H and O–H groups in total. The smallest absolute Gasteiger partial charge is 0.333 e. The number of methoxy groups -OCH3 is 1. The average Bonchev–Trinajstić information content (AvgIpc) is 3.43. The second-order valence-corrected chi connectivity index (χ2v) is 10.3. The topological polar surface area (TPSA) is 115 Å². The van der Waals surface area contributed by atoms with Crippen LogP contribution >= 0.6 is 11.3 Å². The summed E-state index contributed by atoms with van der Waals surface area (Å²) < 4.78 is 4.94. The van der Waals surface area contributed by atoms with Crippen LogP contribution in [0.3, 0.4) is 0 Å². The second kappa shape index (κ2) is 13.5. The summed E-state index contributed by atoms with van der Waals surface area (Å²) in [6.07, 6.45) is 4.94. The van der Waals surface area contributed by atoms with Crippen LogP contribution in [0, 0.1) is 11.3 Å². The number of ether oxygens (including phenoxy) is 1. The molecule has 2 aromatic carbocycles. The minimum atomic E-state index is -1.03. The summed E-state index contributed by atoms with van der Waals surface area (Å²) in [6, 6.07) is 17.1. The number of piperidine rings is 1. The van der Waals surface area contributed by atoms with E-state index < -0.39 is 17.9 Å². The number of carbonyl (C=O) groups excluding carboxylic acids is 3. The van der Waals surface area contributed by atoms with Crippen molar-refractivity contribution in [1.29, 1.82) is 5.26 Å². The molecule has 0 saturated carbocycles. The van der Waals surface area contributed by atoms with E-state index in [9.17, 15) is 19.6 Å². The number of carbonyl (C=O) groups is 3. The number of rotatable bonds is 9. The number of hydrogen-bond acceptors (Lipinski definition) is 7. The van der Waals surface area contributed by atoms with Gasteiger partial charge in [0.2, 0.25) is 0 Å². The molecule has 2 amide bonds. The van der Waals surface area contributed by atoms with Gasteiger partial charge >= 0.3 is 5.97 Å². The van der Waals surface area contributed by atoms with E-state index in [1.165, 1.54) is 12.0 Å². The quantitative estimate of drug-likeness (QED) is 0.232. The van der Waals surface area contributed by atoms with Crippen molar-refractivity contribution in [3.63, 3.8) is 0 Å². The number of benzene rings is 2. The first kappa shape index (κ1) is 28.5. The SMILES string of the molecule is COC(=O)C(NC(=O)c1csc(C(=O)N(C)Cc2ccccc2C#N)c1/N=C/N1CCCCC1)c1ccccc1. The molecule has 2 heterocycles. The van der Waals surface area contributed by atoms with E-state index in [1.807, 2.05) is 18.2 Å². The Hall–Kier alpha value is -4.49. The minimum Gasteiger partial charge on any atom is -0.467 e. The number of esters is 1. The van der Waals surface area contributed by atoms with Crippen molar-refractivity contribution in [3.8, 4) is 6.07 Å². The molecule has 1 aliphatic rings. The standard InChI is InChI=1S/C30H31N5O4S/c1-34(18-23-14-8-7-13-22(23)17-31)29(37)27-26(32-20-35-15-9-4-10-16-35)24(19-40-27)28(36)33-25(30(38)39-2)21-11-5-3-6-12-21/h3,5-8,11-14,19-20,25H,4,9-10,15-16,18H2,1-2H3,(H,33,36)/b32-20+. The maximum absolute atomic E-state index is 13.6. The molecule has 40 heavy (non-hydrogen) atoms. The molecule has 206 valence electrons. The zero-order valence-corrected chi connectivity index (χ0v) is 23.3. The summed E-state index contributed by atoms with van der Waals surface area (Å²) in [4.78, 5) is 48.2. The van der Waals surface area contributed by atoms with Crippen molar-refractivity contribution in [2.45, 2.75) is 31.8 Å². The average molecular weight is 558 g/mol. The number of likely N-dealkylation sites (tertiary alicyclic amines) is 1. The molecule has 0 radical (unpaired) electrons. The lowest BCUT2D eigenvalue weighted by Crippen LogP contribution is -2.34. The minimum absolute atomic E-state index is 0.192. The van der Waals surface area contributed by atoms with E-state index in [0.29, 0.717) is 16.0 Å². The van der Waals surface area contributed by atoms with E-state index in [4.69, 9.17) is 4.74 Å². The molecule has 0 spiro atoms. The molecule has 10 heteroatoms. The van der Waals surface area contributed by atoms with Gasteiger partial charge in [0.1, 0.15) is 10.6 Å². The van der Waals surface area contributed by atoms with Gasteiger partial charge < -0.3 is 19.9 Å². The van der Waals surface area contributed by atoms with Crippen molar-refractivity contribution in [2.24, 2.45) is 4.99 Å². The van der Waals surface area contributed by atoms with Crippen molar-refractivity contribution in [1.82, 2.24) is 15.1 Å². The van der Waals surface area contributed by atoms with Crippen LogP contribution in [-0.4, -0.2) is 61.2 Å². The highest BCUT2D eigenvalue weighted by atomic mass is 32.1. The highest BCUT2D eigenvalue weighted by molar-refractivity contribution is 7.13. The molecule has 1 aliphatic heterocycles. The first-order valence-corrected chi connectivity index (χ1v) is 13.9. The van der Waals surface area contributed by atoms with Crippen molar-refractivity contribution in [3.05, 3.63) is 87.1 Å². The Balaban J connectivity index is 1.65. The Morgan fingerprint density at radius 3 is 2.52 bits per heavy atom. The first-order valence-electron chi connectivity index (χ1n) is 13.0. The lowest BCUT2D eigenvalue weighted by Gasteiger charge is -2.24. The van der Waals surface area contributed by atoms with Gasteiger partial charge in [-0.25, -0.2) is 9.79 Å². The van der Waals surface area contributed by atoms with Crippen LogP contribution in [0.4, 0.5) is 5.69 Å². The molecule has 0 aliphatic carbocycles. The molecule has 9 nitrogen and oxygen atoms in total. The van der Waals surface area contributed by atoms with Crippen molar-refractivity contribution >= 4 is 41.1 Å². The zero-order chi connectivity index (χ0) is 28.5. The van der Waals surface area contributed by atoms with E-state index in [2.05, 4.69) is 21.3 Å². The number of nitrogens with zero attached hydrogens (tertiary/aromatic N) is 4. The molecule has 1 unspecified atom stereocenters. The third-order valence-electron chi connectivity index (χ3n) is 6.68. The maximum Gasteiger partial charge on any atom is 0.333 e. The molecule has 1 fully saturated rings. The highest BCUT2D eigenvalue weighted by Gasteiger charge is 2.29. The van der Waals surface area contributed by atoms with Gasteiger partial charge in [0.25, 0.3) is 11.8 Å². The molecule has 1 aromatic heterocycles. The lowest BCUT2D eigenvalue weighted by atomic mass is 10.1. The Morgan fingerprint density at radius 2 is 1.82 bits per heavy atom. The van der Waals surface area contributed by atoms with E-state index >= 15 is 0 Å². The van der Waals surface area contributed by atoms with Gasteiger partial charge in [-0.2, -0.15) is 5.26 Å². The first-order chi connectivity index (χ1) is 19.4. The van der Waals surface area contributed by atoms with Crippen LogP contribution in [0.5, 0.6) is 0 Å². The normalized spacial score (nSPS) is 13.9. The van der Waals surface area contributed by atoms with E-state index in [1.54, 1.807) is 55.2 Å². The van der Waals surface area contributed by atoms with Gasteiger partial charge in [-0.15, -0.1) is 11.3 Å². The van der Waals surface area contributed by atoms with Crippen molar-refractivity contribution < 1.29 is 19.1 Å². The number of thiophene rings is 1. The van der Waals surface area contributed by atoms with Crippen LogP contribution in [0.1, 0.15) is 62.0 Å². The van der Waals surface area contributed by atoms with Crippen LogP contribution in [0.15, 0.2) is 65.0 Å². The molecule has 3 aromatic rings. The Bertz CT molecular complexity index is 1420. The van der Waals surface area contributed by atoms with Crippen molar-refractivity contribution in [2.75, 3.05) is 27.2 Å². The van der Waals surface area contributed by atoms with Gasteiger partial charge in [0, 0.05) is 32.1 Å². The van der Waals surface area contributed by atoms with E-state index in [-0.39, 0.29) is 23.7 Å². The summed E-state index contributed by atoms with van der Waals surface area (Å²) in [5.74, 6) is -1.48. The number of hydrogen-bond donors (Lipinski definition) is 1. The summed E-state index contributed by atoms with van der Waals surface area (Å²) >= 11 is 1.12. The monoisotopic (exact) mass is 557 g/mol. The van der Waals surface area contributed by atoms with Gasteiger partial charge in [-0.05, 0) is 36.5 Å². The molecule has 1 atom stereocenters. The molecule has 1 saturated heterocycles. The fourth-order valence-corrected chi connectivity index (χ4v) is 5.47. The Kier molecular flexibility index (Phi) is 9.65. The Labute approximate surface area is 237 Å². The third kappa shape index (κ3) is 6.74. The predicted octanol–water partition coefficient (Wildman–Crippen LogP) is 4.68. The number of aliphatic imine (C=N–C) groups is 1. The molecule has 0 bridgehead atoms. The number of amides is 2. The fourth-order valence-electron chi connectivity index (χ4n) is 4.48. The summed E-state index contributed by atoms with van der Waals surface area (Å²) in [5, 5.41) is 13.8. The van der Waals surface area contributed by atoms with Crippen LogP contribution in [0.25, 0.3) is 0 Å². The van der Waals surface area contributed by atoms with Gasteiger partial charge in [0.05, 0.1) is 30.6 Å². The van der Waals surface area contributed by atoms with Crippen LogP contribution in [0.2, 0.25) is 0 Å². The van der Waals surface area contributed by atoms with Crippen LogP contribution in [-0.2, 0) is 16.1 Å². The summed E-state index contributed by atoms with van der Waals surface area (Å²) in [6.45, 7) is 1.92. The van der Waals surface area contributed by atoms with E-state index in [0.717, 1.165) is 49.3 Å². The molecule has 4 rings (SSSR count). The lowest BCUT2D eigenvalue weighted by molar-refractivity contribution is -0.143.